The number of aromatic nitrogens is 2. The highest BCUT2D eigenvalue weighted by Gasteiger charge is 2.32. The lowest BCUT2D eigenvalue weighted by Gasteiger charge is -2.41. The molecule has 3 aromatic rings. The van der Waals surface area contributed by atoms with Crippen LogP contribution in [-0.4, -0.2) is 90.2 Å². The molecule has 10 heteroatoms. The third-order valence-corrected chi connectivity index (χ3v) is 9.06. The quantitative estimate of drug-likeness (QED) is 0.558. The van der Waals surface area contributed by atoms with E-state index < -0.39 is 10.0 Å². The number of rotatable bonds is 6. The first-order chi connectivity index (χ1) is 16.9. The highest BCUT2D eigenvalue weighted by atomic mass is 32.2. The smallest absolute Gasteiger partial charge is 0.253 e. The molecule has 2 saturated heterocycles. The maximum absolute atomic E-state index is 13.2. The minimum atomic E-state index is -3.52. The summed E-state index contributed by atoms with van der Waals surface area (Å²) >= 11 is 0. The summed E-state index contributed by atoms with van der Waals surface area (Å²) in [5, 5.41) is 2.89. The van der Waals surface area contributed by atoms with Gasteiger partial charge in [-0.3, -0.25) is 9.69 Å². The first kappa shape index (κ1) is 23.9. The van der Waals surface area contributed by atoms with Crippen molar-refractivity contribution in [3.05, 3.63) is 66.1 Å². The van der Waals surface area contributed by atoms with Gasteiger partial charge in [-0.2, -0.15) is 4.31 Å². The van der Waals surface area contributed by atoms with Crippen molar-refractivity contribution in [1.29, 1.82) is 0 Å². The number of piperidine rings is 1. The number of amides is 1. The summed E-state index contributed by atoms with van der Waals surface area (Å²) in [5.74, 6) is -0.194. The summed E-state index contributed by atoms with van der Waals surface area (Å²) in [4.78, 5) is 21.9. The van der Waals surface area contributed by atoms with Gasteiger partial charge in [-0.1, -0.05) is 12.1 Å². The van der Waals surface area contributed by atoms with Crippen LogP contribution in [0.5, 0.6) is 0 Å². The van der Waals surface area contributed by atoms with E-state index in [-0.39, 0.29) is 5.91 Å². The minimum Gasteiger partial charge on any atom is -0.348 e. The third kappa shape index (κ3) is 5.25. The van der Waals surface area contributed by atoms with E-state index in [1.807, 2.05) is 0 Å². The number of imidazole rings is 1. The maximum atomic E-state index is 13.2. The maximum Gasteiger partial charge on any atom is 0.253 e. The lowest BCUT2D eigenvalue weighted by Crippen LogP contribution is -2.52. The zero-order chi connectivity index (χ0) is 24.4. The van der Waals surface area contributed by atoms with E-state index >= 15 is 0 Å². The average Bonchev–Trinajstić information content (AvgIpc) is 3.36. The van der Waals surface area contributed by atoms with Gasteiger partial charge in [0.1, 0.15) is 5.65 Å². The van der Waals surface area contributed by atoms with Gasteiger partial charge in [-0.05, 0) is 49.7 Å². The molecule has 0 unspecified atom stereocenters. The van der Waals surface area contributed by atoms with E-state index in [0.29, 0.717) is 36.1 Å². The van der Waals surface area contributed by atoms with Gasteiger partial charge in [0.2, 0.25) is 10.0 Å². The molecule has 2 aliphatic heterocycles. The summed E-state index contributed by atoms with van der Waals surface area (Å²) in [6, 6.07) is 10.8. The number of benzene rings is 1. The second-order valence-electron chi connectivity index (χ2n) is 9.41. The van der Waals surface area contributed by atoms with Crippen LogP contribution in [0.15, 0.2) is 59.9 Å². The first-order valence-electron chi connectivity index (χ1n) is 12.1. The summed E-state index contributed by atoms with van der Waals surface area (Å²) in [5.41, 5.74) is 2.16. The average molecular weight is 497 g/mol. The van der Waals surface area contributed by atoms with E-state index in [0.717, 1.165) is 50.2 Å². The number of carbonyl (C=O) groups excluding carboxylic acids is 1. The van der Waals surface area contributed by atoms with Crippen molar-refractivity contribution in [3.63, 3.8) is 0 Å². The highest BCUT2D eigenvalue weighted by Crippen LogP contribution is 2.24. The number of hydrogen-bond acceptors (Lipinski definition) is 6. The van der Waals surface area contributed by atoms with Crippen LogP contribution < -0.4 is 5.32 Å². The first-order valence-corrected chi connectivity index (χ1v) is 13.6. The largest absolute Gasteiger partial charge is 0.348 e. The van der Waals surface area contributed by atoms with Crippen LogP contribution >= 0.6 is 0 Å². The lowest BCUT2D eigenvalue weighted by molar-refractivity contribution is 0.0836. The highest BCUT2D eigenvalue weighted by molar-refractivity contribution is 7.89. The Morgan fingerprint density at radius 2 is 1.71 bits per heavy atom. The number of sulfonamides is 1. The Balaban J connectivity index is 1.15. The molecule has 0 atom stereocenters. The molecule has 2 aliphatic rings. The second kappa shape index (κ2) is 10.1. The molecule has 5 rings (SSSR count). The SMILES string of the molecule is CN1CCN(C2CCN(S(=O)(=O)c3ccc(CNC(=O)c4ccc5nccn5c4)cc3)CC2)CC1. The summed E-state index contributed by atoms with van der Waals surface area (Å²) in [6.07, 6.45) is 6.96. The zero-order valence-corrected chi connectivity index (χ0v) is 20.8. The molecule has 0 aliphatic carbocycles. The molecule has 0 spiro atoms. The Morgan fingerprint density at radius 3 is 2.43 bits per heavy atom. The van der Waals surface area contributed by atoms with Gasteiger partial charge < -0.3 is 14.6 Å². The standard InChI is InChI=1S/C25H32N6O3S/c1-28-14-16-29(17-15-28)22-8-11-31(12-9-22)35(33,34)23-5-2-20(3-6-23)18-27-25(32)21-4-7-24-26-10-13-30(24)19-21/h2-7,10,13,19,22H,8-9,11-12,14-18H2,1H3,(H,27,32). The number of hydrogen-bond donors (Lipinski definition) is 1. The summed E-state index contributed by atoms with van der Waals surface area (Å²) in [7, 11) is -1.37. The van der Waals surface area contributed by atoms with Crippen LogP contribution in [0.3, 0.4) is 0 Å². The molecule has 4 heterocycles. The predicted octanol–water partition coefficient (Wildman–Crippen LogP) is 1.66. The van der Waals surface area contributed by atoms with Gasteiger partial charge in [0.15, 0.2) is 0 Å². The molecule has 35 heavy (non-hydrogen) atoms. The summed E-state index contributed by atoms with van der Waals surface area (Å²) < 4.78 is 29.8. The molecule has 0 saturated carbocycles. The van der Waals surface area contributed by atoms with E-state index in [1.54, 1.807) is 63.7 Å². The van der Waals surface area contributed by atoms with Gasteiger partial charge in [0, 0.05) is 70.4 Å². The molecule has 2 aromatic heterocycles. The minimum absolute atomic E-state index is 0.194. The molecule has 1 N–H and O–H groups in total. The van der Waals surface area contributed by atoms with Crippen LogP contribution in [0.25, 0.3) is 5.65 Å². The van der Waals surface area contributed by atoms with Crippen molar-refractivity contribution in [3.8, 4) is 0 Å². The van der Waals surface area contributed by atoms with Crippen LogP contribution in [0.4, 0.5) is 0 Å². The molecule has 2 fully saturated rings. The van der Waals surface area contributed by atoms with Crippen LogP contribution in [0.1, 0.15) is 28.8 Å². The number of likely N-dealkylation sites (N-methyl/N-ethyl adjacent to an activating group) is 1. The molecular weight excluding hydrogens is 464 g/mol. The van der Waals surface area contributed by atoms with Gasteiger partial charge >= 0.3 is 0 Å². The van der Waals surface area contributed by atoms with Crippen molar-refractivity contribution < 1.29 is 13.2 Å². The van der Waals surface area contributed by atoms with Crippen LogP contribution in [-0.2, 0) is 16.6 Å². The van der Waals surface area contributed by atoms with Gasteiger partial charge in [0.25, 0.3) is 5.91 Å². The van der Waals surface area contributed by atoms with E-state index in [2.05, 4.69) is 27.1 Å². The van der Waals surface area contributed by atoms with Gasteiger partial charge in [-0.25, -0.2) is 13.4 Å². The Hall–Kier alpha value is -2.79. The van der Waals surface area contributed by atoms with Crippen molar-refractivity contribution in [2.24, 2.45) is 0 Å². The molecule has 1 amide bonds. The second-order valence-corrected chi connectivity index (χ2v) is 11.3. The van der Waals surface area contributed by atoms with Crippen molar-refractivity contribution in [1.82, 2.24) is 28.8 Å². The van der Waals surface area contributed by atoms with Gasteiger partial charge in [0.05, 0.1) is 10.5 Å². The lowest BCUT2D eigenvalue weighted by atomic mass is 10.0. The number of pyridine rings is 1. The zero-order valence-electron chi connectivity index (χ0n) is 20.0. The van der Waals surface area contributed by atoms with Crippen molar-refractivity contribution >= 4 is 21.6 Å². The number of nitrogens with one attached hydrogen (secondary N) is 1. The molecular formula is C25H32N6O3S. The fourth-order valence-corrected chi connectivity index (χ4v) is 6.37. The third-order valence-electron chi connectivity index (χ3n) is 7.14. The monoisotopic (exact) mass is 496 g/mol. The fraction of sp³-hybridized carbons (Fsp3) is 0.440. The molecule has 186 valence electrons. The van der Waals surface area contributed by atoms with Crippen molar-refractivity contribution in [2.45, 2.75) is 30.3 Å². The number of piperazine rings is 1. The predicted molar refractivity (Wildman–Crippen MR) is 134 cm³/mol. The number of nitrogens with zero attached hydrogens (tertiary/aromatic N) is 5. The Bertz CT molecular complexity index is 1270. The van der Waals surface area contributed by atoms with Gasteiger partial charge in [-0.15, -0.1) is 0 Å². The molecule has 0 radical (unpaired) electrons. The summed E-state index contributed by atoms with van der Waals surface area (Å²) in [6.45, 7) is 5.69. The molecule has 1 aromatic carbocycles. The van der Waals surface area contributed by atoms with E-state index in [9.17, 15) is 13.2 Å². The van der Waals surface area contributed by atoms with Crippen molar-refractivity contribution in [2.75, 3.05) is 46.3 Å². The Labute approximate surface area is 206 Å². The number of fused-ring (bicyclic) bond motifs is 1. The fourth-order valence-electron chi connectivity index (χ4n) is 4.90. The molecule has 0 bridgehead atoms. The van der Waals surface area contributed by atoms with Crippen LogP contribution in [0, 0.1) is 0 Å². The Kier molecular flexibility index (Phi) is 6.88. The Morgan fingerprint density at radius 1 is 1.00 bits per heavy atom. The van der Waals surface area contributed by atoms with Crippen LogP contribution in [0.2, 0.25) is 0 Å². The normalized spacial score (nSPS) is 19.2. The number of carbonyl (C=O) groups is 1. The van der Waals surface area contributed by atoms with E-state index in [4.69, 9.17) is 0 Å². The topological polar surface area (TPSA) is 90.3 Å². The van der Waals surface area contributed by atoms with E-state index in [1.165, 1.54) is 0 Å². The molecule has 9 nitrogen and oxygen atoms in total.